The molecule has 1 aliphatic carbocycles. The third kappa shape index (κ3) is 2.79. The zero-order valence-electron chi connectivity index (χ0n) is 10.4. The van der Waals surface area contributed by atoms with Gasteiger partial charge >= 0.3 is 0 Å². The van der Waals surface area contributed by atoms with E-state index in [2.05, 4.69) is 15.3 Å². The molecule has 0 radical (unpaired) electrons. The maximum Gasteiger partial charge on any atom is 0.255 e. The van der Waals surface area contributed by atoms with Crippen molar-refractivity contribution in [2.75, 3.05) is 13.2 Å². The first-order chi connectivity index (χ1) is 8.83. The van der Waals surface area contributed by atoms with E-state index < -0.39 is 0 Å². The molecule has 2 heterocycles. The van der Waals surface area contributed by atoms with Gasteiger partial charge in [0.15, 0.2) is 0 Å². The van der Waals surface area contributed by atoms with Gasteiger partial charge in [-0.25, -0.2) is 4.98 Å². The Hall–Kier alpha value is -1.20. The van der Waals surface area contributed by atoms with E-state index in [1.807, 2.05) is 0 Å². The number of rotatable bonds is 4. The van der Waals surface area contributed by atoms with Gasteiger partial charge < -0.3 is 15.0 Å². The van der Waals surface area contributed by atoms with Gasteiger partial charge in [0, 0.05) is 43.5 Å². The number of hydrogen-bond acceptors (Lipinski definition) is 4. The Balaban J connectivity index is 1.68. The van der Waals surface area contributed by atoms with E-state index in [0.29, 0.717) is 18.5 Å². The van der Waals surface area contributed by atoms with Crippen LogP contribution in [-0.4, -0.2) is 29.2 Å². The van der Waals surface area contributed by atoms with Crippen LogP contribution in [0, 0.1) is 0 Å². The summed E-state index contributed by atoms with van der Waals surface area (Å²) in [7, 11) is 0. The highest BCUT2D eigenvalue weighted by molar-refractivity contribution is 5.09. The van der Waals surface area contributed by atoms with Crippen LogP contribution in [0.15, 0.2) is 11.0 Å². The number of hydrogen-bond donors (Lipinski definition) is 2. The zero-order chi connectivity index (χ0) is 12.4. The Morgan fingerprint density at radius 3 is 2.78 bits per heavy atom. The predicted octanol–water partition coefficient (Wildman–Crippen LogP) is 0.916. The van der Waals surface area contributed by atoms with Crippen LogP contribution in [0.1, 0.15) is 43.0 Å². The first-order valence-electron chi connectivity index (χ1n) is 6.72. The van der Waals surface area contributed by atoms with Gasteiger partial charge in [-0.2, -0.15) is 0 Å². The predicted molar refractivity (Wildman–Crippen MR) is 67.5 cm³/mol. The van der Waals surface area contributed by atoms with Crippen molar-refractivity contribution in [2.24, 2.45) is 0 Å². The fourth-order valence-corrected chi connectivity index (χ4v) is 2.28. The average Bonchev–Trinajstić information content (AvgIpc) is 3.22. The second kappa shape index (κ2) is 5.20. The molecule has 1 saturated carbocycles. The summed E-state index contributed by atoms with van der Waals surface area (Å²) in [6.45, 7) is 2.15. The molecule has 0 bridgehead atoms. The highest BCUT2D eigenvalue weighted by Gasteiger charge is 2.21. The standard InChI is InChI=1S/C13H19N3O2/c17-13-10(7-14-11-1-2-11)8-15-12(16-13)9-3-5-18-6-4-9/h8-9,11,14H,1-7H2,(H,15,16,17). The molecule has 2 aliphatic rings. The highest BCUT2D eigenvalue weighted by Crippen LogP contribution is 2.23. The second-order valence-electron chi connectivity index (χ2n) is 5.16. The van der Waals surface area contributed by atoms with Gasteiger partial charge in [0.25, 0.3) is 5.56 Å². The molecule has 2 fully saturated rings. The number of aromatic nitrogens is 2. The minimum absolute atomic E-state index is 0.000332. The van der Waals surface area contributed by atoms with Gasteiger partial charge in [-0.3, -0.25) is 4.79 Å². The van der Waals surface area contributed by atoms with E-state index in [0.717, 1.165) is 37.4 Å². The number of aromatic amines is 1. The van der Waals surface area contributed by atoms with Crippen molar-refractivity contribution in [2.45, 2.75) is 44.2 Å². The van der Waals surface area contributed by atoms with Crippen molar-refractivity contribution >= 4 is 0 Å². The van der Waals surface area contributed by atoms with Gasteiger partial charge in [0.2, 0.25) is 0 Å². The van der Waals surface area contributed by atoms with Crippen LogP contribution in [0.3, 0.4) is 0 Å². The molecule has 5 nitrogen and oxygen atoms in total. The Morgan fingerprint density at radius 2 is 2.11 bits per heavy atom. The summed E-state index contributed by atoms with van der Waals surface area (Å²) in [5.74, 6) is 1.16. The summed E-state index contributed by atoms with van der Waals surface area (Å²) in [5, 5.41) is 3.33. The number of H-pyrrole nitrogens is 1. The Labute approximate surface area is 106 Å². The average molecular weight is 249 g/mol. The minimum atomic E-state index is -0.000332. The molecule has 5 heteroatoms. The molecule has 0 aromatic carbocycles. The summed E-state index contributed by atoms with van der Waals surface area (Å²) in [6.07, 6.45) is 6.07. The summed E-state index contributed by atoms with van der Waals surface area (Å²) in [4.78, 5) is 19.3. The lowest BCUT2D eigenvalue weighted by Gasteiger charge is -2.21. The maximum atomic E-state index is 11.9. The quantitative estimate of drug-likeness (QED) is 0.832. The number of ether oxygens (including phenoxy) is 1. The molecule has 0 unspecified atom stereocenters. The molecule has 1 aliphatic heterocycles. The first kappa shape index (κ1) is 11.9. The third-order valence-corrected chi connectivity index (χ3v) is 3.66. The molecular formula is C13H19N3O2. The highest BCUT2D eigenvalue weighted by atomic mass is 16.5. The smallest absolute Gasteiger partial charge is 0.255 e. The lowest BCUT2D eigenvalue weighted by Crippen LogP contribution is -2.25. The summed E-state index contributed by atoms with van der Waals surface area (Å²) >= 11 is 0. The van der Waals surface area contributed by atoms with Gasteiger partial charge in [-0.15, -0.1) is 0 Å². The van der Waals surface area contributed by atoms with Crippen LogP contribution in [-0.2, 0) is 11.3 Å². The van der Waals surface area contributed by atoms with Crippen molar-refractivity contribution in [3.8, 4) is 0 Å². The van der Waals surface area contributed by atoms with E-state index >= 15 is 0 Å². The van der Waals surface area contributed by atoms with E-state index in [1.54, 1.807) is 6.20 Å². The third-order valence-electron chi connectivity index (χ3n) is 3.66. The van der Waals surface area contributed by atoms with Crippen LogP contribution in [0.5, 0.6) is 0 Å². The zero-order valence-corrected chi connectivity index (χ0v) is 10.4. The summed E-state index contributed by atoms with van der Waals surface area (Å²) in [5.41, 5.74) is 0.734. The fourth-order valence-electron chi connectivity index (χ4n) is 2.28. The molecule has 1 saturated heterocycles. The molecular weight excluding hydrogens is 230 g/mol. The molecule has 2 N–H and O–H groups in total. The van der Waals surface area contributed by atoms with Crippen molar-refractivity contribution in [3.63, 3.8) is 0 Å². The van der Waals surface area contributed by atoms with Crippen LogP contribution >= 0.6 is 0 Å². The van der Waals surface area contributed by atoms with E-state index in [9.17, 15) is 4.79 Å². The molecule has 1 aromatic rings. The second-order valence-corrected chi connectivity index (χ2v) is 5.16. The SMILES string of the molecule is O=c1[nH]c(C2CCOCC2)ncc1CNC1CC1. The lowest BCUT2D eigenvalue weighted by molar-refractivity contribution is 0.0835. The Morgan fingerprint density at radius 1 is 1.33 bits per heavy atom. The van der Waals surface area contributed by atoms with E-state index in [4.69, 9.17) is 4.74 Å². The van der Waals surface area contributed by atoms with Crippen molar-refractivity contribution in [1.29, 1.82) is 0 Å². The van der Waals surface area contributed by atoms with Crippen molar-refractivity contribution in [3.05, 3.63) is 27.9 Å². The summed E-state index contributed by atoms with van der Waals surface area (Å²) in [6, 6.07) is 0.611. The van der Waals surface area contributed by atoms with Crippen LogP contribution in [0.25, 0.3) is 0 Å². The van der Waals surface area contributed by atoms with Gasteiger partial charge in [-0.05, 0) is 25.7 Å². The van der Waals surface area contributed by atoms with Crippen LogP contribution < -0.4 is 10.9 Å². The molecule has 1 aromatic heterocycles. The Kier molecular flexibility index (Phi) is 3.43. The first-order valence-corrected chi connectivity index (χ1v) is 6.72. The summed E-state index contributed by atoms with van der Waals surface area (Å²) < 4.78 is 5.32. The van der Waals surface area contributed by atoms with Gasteiger partial charge in [0.05, 0.1) is 0 Å². The maximum absolute atomic E-state index is 11.9. The number of nitrogens with one attached hydrogen (secondary N) is 2. The molecule has 0 amide bonds. The van der Waals surface area contributed by atoms with Gasteiger partial charge in [0.1, 0.15) is 5.82 Å². The van der Waals surface area contributed by atoms with Crippen LogP contribution in [0.4, 0.5) is 0 Å². The van der Waals surface area contributed by atoms with Crippen molar-refractivity contribution in [1.82, 2.24) is 15.3 Å². The molecule has 98 valence electrons. The van der Waals surface area contributed by atoms with E-state index in [-0.39, 0.29) is 5.56 Å². The molecule has 0 spiro atoms. The minimum Gasteiger partial charge on any atom is -0.381 e. The van der Waals surface area contributed by atoms with E-state index in [1.165, 1.54) is 12.8 Å². The van der Waals surface area contributed by atoms with Crippen LogP contribution in [0.2, 0.25) is 0 Å². The largest absolute Gasteiger partial charge is 0.381 e. The topological polar surface area (TPSA) is 67.0 Å². The fraction of sp³-hybridized carbons (Fsp3) is 0.692. The molecule has 3 rings (SSSR count). The monoisotopic (exact) mass is 249 g/mol. The Bertz CT molecular complexity index is 462. The molecule has 0 atom stereocenters. The lowest BCUT2D eigenvalue weighted by atomic mass is 9.99. The normalized spacial score (nSPS) is 21.1. The van der Waals surface area contributed by atoms with Gasteiger partial charge in [-0.1, -0.05) is 0 Å². The molecule has 18 heavy (non-hydrogen) atoms. The number of nitrogens with zero attached hydrogens (tertiary/aromatic N) is 1. The van der Waals surface area contributed by atoms with Crippen molar-refractivity contribution < 1.29 is 4.74 Å².